The highest BCUT2D eigenvalue weighted by molar-refractivity contribution is 7.79. The second-order valence-electron chi connectivity index (χ2n) is 4.48. The average molecular weight is 284 g/mol. The lowest BCUT2D eigenvalue weighted by Gasteiger charge is -2.05. The van der Waals surface area contributed by atoms with Crippen LogP contribution < -0.4 is 4.74 Å². The molecule has 0 unspecified atom stereocenters. The van der Waals surface area contributed by atoms with Crippen LogP contribution in [0.1, 0.15) is 27.9 Å². The van der Waals surface area contributed by atoms with E-state index in [0.717, 1.165) is 16.9 Å². The van der Waals surface area contributed by atoms with Crippen LogP contribution >= 0.6 is 12.2 Å². The Morgan fingerprint density at radius 2 is 1.85 bits per heavy atom. The molecule has 0 aliphatic rings. The van der Waals surface area contributed by atoms with Gasteiger partial charge in [0.25, 0.3) is 0 Å². The zero-order chi connectivity index (χ0) is 14.4. The first kappa shape index (κ1) is 14.4. The molecular formula is C17H16O2S. The molecule has 0 aromatic heterocycles. The standard InChI is InChI=1S/C17H16O2S/c1-19-15-9-6-13(7-10-15)8-11-17(18)16-5-3-2-4-14(16)12-20/h2-7,9-10,12H,8,11H2,1H3. The van der Waals surface area contributed by atoms with Crippen molar-refractivity contribution in [1.29, 1.82) is 0 Å². The van der Waals surface area contributed by atoms with Gasteiger partial charge in [0.15, 0.2) is 5.78 Å². The van der Waals surface area contributed by atoms with Crippen molar-refractivity contribution < 1.29 is 9.53 Å². The molecule has 0 heterocycles. The van der Waals surface area contributed by atoms with Gasteiger partial charge in [-0.15, -0.1) is 0 Å². The number of ether oxygens (including phenoxy) is 1. The summed E-state index contributed by atoms with van der Waals surface area (Å²) < 4.78 is 5.11. The predicted molar refractivity (Wildman–Crippen MR) is 84.8 cm³/mol. The van der Waals surface area contributed by atoms with Crippen molar-refractivity contribution in [3.05, 3.63) is 65.2 Å². The first-order chi connectivity index (χ1) is 9.74. The summed E-state index contributed by atoms with van der Waals surface area (Å²) in [7, 11) is 1.64. The Balaban J connectivity index is 2.02. The lowest BCUT2D eigenvalue weighted by atomic mass is 9.99. The van der Waals surface area contributed by atoms with Crippen molar-refractivity contribution >= 4 is 23.4 Å². The normalized spacial score (nSPS) is 10.1. The Morgan fingerprint density at radius 1 is 1.15 bits per heavy atom. The summed E-state index contributed by atoms with van der Waals surface area (Å²) in [6.45, 7) is 0. The summed E-state index contributed by atoms with van der Waals surface area (Å²) in [5.74, 6) is 0.948. The van der Waals surface area contributed by atoms with Gasteiger partial charge in [-0.25, -0.2) is 0 Å². The Morgan fingerprint density at radius 3 is 2.50 bits per heavy atom. The van der Waals surface area contributed by atoms with E-state index in [1.54, 1.807) is 12.5 Å². The third-order valence-corrected chi connectivity index (χ3v) is 3.44. The molecule has 0 radical (unpaired) electrons. The van der Waals surface area contributed by atoms with Crippen molar-refractivity contribution in [2.45, 2.75) is 12.8 Å². The topological polar surface area (TPSA) is 26.3 Å². The predicted octanol–water partition coefficient (Wildman–Crippen LogP) is 3.86. The molecule has 2 nitrogen and oxygen atoms in total. The van der Waals surface area contributed by atoms with Crippen LogP contribution in [0.4, 0.5) is 0 Å². The van der Waals surface area contributed by atoms with E-state index in [4.69, 9.17) is 17.0 Å². The van der Waals surface area contributed by atoms with Gasteiger partial charge in [-0.05, 0) is 29.7 Å². The van der Waals surface area contributed by atoms with E-state index in [1.165, 1.54) is 0 Å². The summed E-state index contributed by atoms with van der Waals surface area (Å²) in [5, 5.41) is 1.56. The maximum absolute atomic E-state index is 12.2. The second kappa shape index (κ2) is 6.96. The van der Waals surface area contributed by atoms with Crippen molar-refractivity contribution in [1.82, 2.24) is 0 Å². The molecule has 0 aliphatic carbocycles. The summed E-state index contributed by atoms with van der Waals surface area (Å²) in [4.78, 5) is 12.2. The summed E-state index contributed by atoms with van der Waals surface area (Å²) >= 11 is 4.94. The lowest BCUT2D eigenvalue weighted by Crippen LogP contribution is -2.04. The third kappa shape index (κ3) is 3.52. The number of benzene rings is 2. The highest BCUT2D eigenvalue weighted by Gasteiger charge is 2.09. The van der Waals surface area contributed by atoms with Gasteiger partial charge in [-0.2, -0.15) is 0 Å². The minimum absolute atomic E-state index is 0.123. The molecule has 0 N–H and O–H groups in total. The van der Waals surface area contributed by atoms with Crippen LogP contribution in [0.5, 0.6) is 5.75 Å². The van der Waals surface area contributed by atoms with Crippen LogP contribution in [0.25, 0.3) is 0 Å². The van der Waals surface area contributed by atoms with Gasteiger partial charge in [-0.3, -0.25) is 4.79 Å². The first-order valence-corrected chi connectivity index (χ1v) is 6.92. The fourth-order valence-corrected chi connectivity index (χ4v) is 2.24. The molecule has 0 spiro atoms. The minimum Gasteiger partial charge on any atom is -0.497 e. The summed E-state index contributed by atoms with van der Waals surface area (Å²) in [6, 6.07) is 15.2. The van der Waals surface area contributed by atoms with E-state index in [0.29, 0.717) is 18.4 Å². The molecule has 0 saturated heterocycles. The molecule has 20 heavy (non-hydrogen) atoms. The van der Waals surface area contributed by atoms with E-state index in [-0.39, 0.29) is 5.78 Å². The van der Waals surface area contributed by atoms with E-state index in [2.05, 4.69) is 0 Å². The van der Waals surface area contributed by atoms with E-state index < -0.39 is 0 Å². The van der Waals surface area contributed by atoms with Crippen LogP contribution in [-0.2, 0) is 6.42 Å². The number of ketones is 1. The van der Waals surface area contributed by atoms with Crippen LogP contribution in [0.2, 0.25) is 0 Å². The highest BCUT2D eigenvalue weighted by Crippen LogP contribution is 2.15. The van der Waals surface area contributed by atoms with Gasteiger partial charge in [0.2, 0.25) is 0 Å². The van der Waals surface area contributed by atoms with Crippen LogP contribution in [0.15, 0.2) is 48.5 Å². The summed E-state index contributed by atoms with van der Waals surface area (Å²) in [5.41, 5.74) is 2.65. The van der Waals surface area contributed by atoms with Crippen LogP contribution in [0.3, 0.4) is 0 Å². The van der Waals surface area contributed by atoms with Gasteiger partial charge in [0, 0.05) is 17.4 Å². The first-order valence-electron chi connectivity index (χ1n) is 6.45. The Labute approximate surface area is 124 Å². The van der Waals surface area contributed by atoms with Crippen molar-refractivity contribution in [2.24, 2.45) is 0 Å². The molecule has 0 bridgehead atoms. The number of carbonyl (C=O) groups is 1. The number of hydrogen-bond donors (Lipinski definition) is 0. The van der Waals surface area contributed by atoms with E-state index in [1.807, 2.05) is 48.5 Å². The number of methoxy groups -OCH3 is 1. The Bertz CT molecular complexity index is 603. The number of hydrogen-bond acceptors (Lipinski definition) is 3. The van der Waals surface area contributed by atoms with E-state index >= 15 is 0 Å². The largest absolute Gasteiger partial charge is 0.497 e. The number of aryl methyl sites for hydroxylation is 1. The molecule has 2 aromatic carbocycles. The van der Waals surface area contributed by atoms with Gasteiger partial charge in [0.1, 0.15) is 5.75 Å². The highest BCUT2D eigenvalue weighted by atomic mass is 32.1. The monoisotopic (exact) mass is 284 g/mol. The molecule has 2 rings (SSSR count). The number of Topliss-reactive ketones (excluding diaryl/α,β-unsaturated/α-hetero) is 1. The van der Waals surface area contributed by atoms with Crippen molar-refractivity contribution in [2.75, 3.05) is 7.11 Å². The average Bonchev–Trinajstić information content (AvgIpc) is 2.53. The van der Waals surface area contributed by atoms with Gasteiger partial charge >= 0.3 is 0 Å². The minimum atomic E-state index is 0.123. The molecular weight excluding hydrogens is 268 g/mol. The molecule has 102 valence electrons. The molecule has 2 aromatic rings. The number of rotatable bonds is 6. The van der Waals surface area contributed by atoms with Gasteiger partial charge in [-0.1, -0.05) is 48.6 Å². The lowest BCUT2D eigenvalue weighted by molar-refractivity contribution is 0.0983. The number of carbonyl (C=O) groups excluding carboxylic acids is 1. The summed E-state index contributed by atoms with van der Waals surface area (Å²) in [6.07, 6.45) is 1.20. The fourth-order valence-electron chi connectivity index (χ4n) is 2.04. The van der Waals surface area contributed by atoms with E-state index in [9.17, 15) is 4.79 Å². The quantitative estimate of drug-likeness (QED) is 0.595. The van der Waals surface area contributed by atoms with Crippen LogP contribution in [0, 0.1) is 0 Å². The molecule has 0 saturated carbocycles. The number of thiocarbonyl (C=S) groups is 1. The third-order valence-electron chi connectivity index (χ3n) is 3.19. The molecule has 3 heteroatoms. The Hall–Kier alpha value is -2.00. The molecule has 0 fully saturated rings. The van der Waals surface area contributed by atoms with Gasteiger partial charge < -0.3 is 4.74 Å². The zero-order valence-electron chi connectivity index (χ0n) is 11.3. The molecule has 0 atom stereocenters. The fraction of sp³-hybridized carbons (Fsp3) is 0.176. The Kier molecular flexibility index (Phi) is 5.02. The smallest absolute Gasteiger partial charge is 0.163 e. The van der Waals surface area contributed by atoms with Crippen LogP contribution in [-0.4, -0.2) is 18.3 Å². The SMILES string of the molecule is COc1ccc(CCC(=O)c2ccccc2C=S)cc1. The molecule has 0 aliphatic heterocycles. The van der Waals surface area contributed by atoms with Crippen molar-refractivity contribution in [3.8, 4) is 5.75 Å². The molecule has 0 amide bonds. The maximum atomic E-state index is 12.2. The van der Waals surface area contributed by atoms with Crippen molar-refractivity contribution in [3.63, 3.8) is 0 Å². The second-order valence-corrected chi connectivity index (χ2v) is 4.71. The van der Waals surface area contributed by atoms with Gasteiger partial charge in [0.05, 0.1) is 7.11 Å². The zero-order valence-corrected chi connectivity index (χ0v) is 12.2. The maximum Gasteiger partial charge on any atom is 0.163 e.